The molecule has 0 atom stereocenters. The normalized spacial score (nSPS) is 11.3. The second-order valence-corrected chi connectivity index (χ2v) is 5.45. The van der Waals surface area contributed by atoms with E-state index in [4.69, 9.17) is 11.6 Å². The summed E-state index contributed by atoms with van der Waals surface area (Å²) in [4.78, 5) is 11.7. The van der Waals surface area contributed by atoms with E-state index in [1.54, 1.807) is 0 Å². The number of halogens is 1. The molecule has 0 aromatic heterocycles. The molecule has 4 heteroatoms. The molecule has 0 aliphatic rings. The first-order chi connectivity index (χ1) is 8.43. The van der Waals surface area contributed by atoms with Gasteiger partial charge in [-0.3, -0.25) is 4.79 Å². The number of carbonyl (C=O) groups is 1. The summed E-state index contributed by atoms with van der Waals surface area (Å²) < 4.78 is 0. The number of hydrogen-bond donors (Lipinski definition) is 2. The van der Waals surface area contributed by atoms with Crippen LogP contribution in [0.25, 0.3) is 0 Å². The van der Waals surface area contributed by atoms with Crippen molar-refractivity contribution in [2.24, 2.45) is 0 Å². The molecule has 0 unspecified atom stereocenters. The molecule has 18 heavy (non-hydrogen) atoms. The van der Waals surface area contributed by atoms with E-state index in [1.165, 1.54) is 0 Å². The minimum atomic E-state index is -0.140. The van der Waals surface area contributed by atoms with Gasteiger partial charge in [0.05, 0.1) is 6.54 Å². The number of hydrogen-bond acceptors (Lipinski definition) is 2. The first-order valence-electron chi connectivity index (χ1n) is 6.19. The Bertz CT molecular complexity index is 387. The second-order valence-electron chi connectivity index (χ2n) is 5.02. The Hall–Kier alpha value is -1.06. The summed E-state index contributed by atoms with van der Waals surface area (Å²) in [7, 11) is 0. The highest BCUT2D eigenvalue weighted by molar-refractivity contribution is 6.30. The molecule has 100 valence electrons. The van der Waals surface area contributed by atoms with Gasteiger partial charge in [-0.1, -0.05) is 30.7 Å². The standard InChI is InChI=1S/C14H21ClN2O/c1-4-14(2,3)17-13(18)10-16-9-11-5-7-12(15)8-6-11/h5-8,16H,4,9-10H2,1-3H3,(H,17,18). The number of amides is 1. The fourth-order valence-electron chi connectivity index (χ4n) is 1.43. The van der Waals surface area contributed by atoms with E-state index in [0.29, 0.717) is 13.1 Å². The zero-order valence-electron chi connectivity index (χ0n) is 11.2. The first kappa shape index (κ1) is 15.0. The summed E-state index contributed by atoms with van der Waals surface area (Å²) in [5.41, 5.74) is 0.973. The van der Waals surface area contributed by atoms with E-state index >= 15 is 0 Å². The Morgan fingerprint density at radius 3 is 2.44 bits per heavy atom. The van der Waals surface area contributed by atoms with Gasteiger partial charge in [0.1, 0.15) is 0 Å². The van der Waals surface area contributed by atoms with Crippen molar-refractivity contribution >= 4 is 17.5 Å². The van der Waals surface area contributed by atoms with E-state index in [1.807, 2.05) is 38.1 Å². The van der Waals surface area contributed by atoms with Crippen LogP contribution in [-0.2, 0) is 11.3 Å². The molecule has 0 radical (unpaired) electrons. The van der Waals surface area contributed by atoms with Gasteiger partial charge in [0, 0.05) is 17.1 Å². The lowest BCUT2D eigenvalue weighted by molar-refractivity contribution is -0.121. The fourth-order valence-corrected chi connectivity index (χ4v) is 1.56. The van der Waals surface area contributed by atoms with E-state index in [9.17, 15) is 4.79 Å². The number of carbonyl (C=O) groups excluding carboxylic acids is 1. The largest absolute Gasteiger partial charge is 0.350 e. The molecule has 1 amide bonds. The van der Waals surface area contributed by atoms with Crippen molar-refractivity contribution in [2.45, 2.75) is 39.3 Å². The summed E-state index contributed by atoms with van der Waals surface area (Å²) >= 11 is 5.80. The summed E-state index contributed by atoms with van der Waals surface area (Å²) in [5, 5.41) is 6.81. The monoisotopic (exact) mass is 268 g/mol. The molecular formula is C14H21ClN2O. The Morgan fingerprint density at radius 2 is 1.89 bits per heavy atom. The zero-order chi connectivity index (χ0) is 13.6. The van der Waals surface area contributed by atoms with Crippen LogP contribution in [0.15, 0.2) is 24.3 Å². The second kappa shape index (κ2) is 6.76. The molecule has 0 saturated heterocycles. The van der Waals surface area contributed by atoms with E-state index < -0.39 is 0 Å². The maximum Gasteiger partial charge on any atom is 0.234 e. The van der Waals surface area contributed by atoms with Crippen LogP contribution < -0.4 is 10.6 Å². The van der Waals surface area contributed by atoms with Gasteiger partial charge < -0.3 is 10.6 Å². The number of nitrogens with one attached hydrogen (secondary N) is 2. The zero-order valence-corrected chi connectivity index (χ0v) is 12.0. The lowest BCUT2D eigenvalue weighted by Gasteiger charge is -2.24. The average molecular weight is 269 g/mol. The van der Waals surface area contributed by atoms with Crippen LogP contribution in [0.3, 0.4) is 0 Å². The maximum absolute atomic E-state index is 11.7. The SMILES string of the molecule is CCC(C)(C)NC(=O)CNCc1ccc(Cl)cc1. The molecule has 2 N–H and O–H groups in total. The lowest BCUT2D eigenvalue weighted by Crippen LogP contribution is -2.46. The van der Waals surface area contributed by atoms with Crippen molar-refractivity contribution in [1.82, 2.24) is 10.6 Å². The molecule has 1 aromatic carbocycles. The van der Waals surface area contributed by atoms with Gasteiger partial charge in [0.15, 0.2) is 0 Å². The minimum absolute atomic E-state index is 0.0239. The smallest absolute Gasteiger partial charge is 0.234 e. The summed E-state index contributed by atoms with van der Waals surface area (Å²) in [5.74, 6) is 0.0239. The molecule has 1 aromatic rings. The third kappa shape index (κ3) is 5.52. The van der Waals surface area contributed by atoms with Crippen molar-refractivity contribution in [3.05, 3.63) is 34.9 Å². The van der Waals surface area contributed by atoms with Crippen LogP contribution in [0.2, 0.25) is 5.02 Å². The first-order valence-corrected chi connectivity index (χ1v) is 6.57. The molecular weight excluding hydrogens is 248 g/mol. The Balaban J connectivity index is 2.29. The molecule has 0 heterocycles. The van der Waals surface area contributed by atoms with E-state index in [0.717, 1.165) is 17.0 Å². The number of benzene rings is 1. The Morgan fingerprint density at radius 1 is 1.28 bits per heavy atom. The van der Waals surface area contributed by atoms with Crippen LogP contribution in [-0.4, -0.2) is 18.0 Å². The number of rotatable bonds is 6. The minimum Gasteiger partial charge on any atom is -0.350 e. The molecule has 0 spiro atoms. The van der Waals surface area contributed by atoms with Gasteiger partial charge in [0.2, 0.25) is 5.91 Å². The molecule has 0 saturated carbocycles. The molecule has 0 aliphatic carbocycles. The Kier molecular flexibility index (Phi) is 5.63. The average Bonchev–Trinajstić information content (AvgIpc) is 2.31. The van der Waals surface area contributed by atoms with Gasteiger partial charge >= 0.3 is 0 Å². The van der Waals surface area contributed by atoms with E-state index in [2.05, 4.69) is 17.6 Å². The van der Waals surface area contributed by atoms with Crippen LogP contribution in [0, 0.1) is 0 Å². The van der Waals surface area contributed by atoms with Gasteiger partial charge in [-0.05, 0) is 38.0 Å². The predicted octanol–water partition coefficient (Wildman–Crippen LogP) is 2.73. The molecule has 0 bridgehead atoms. The maximum atomic E-state index is 11.7. The molecule has 3 nitrogen and oxygen atoms in total. The van der Waals surface area contributed by atoms with Gasteiger partial charge in [0.25, 0.3) is 0 Å². The predicted molar refractivity (Wildman–Crippen MR) is 75.7 cm³/mol. The summed E-state index contributed by atoms with van der Waals surface area (Å²) in [6.07, 6.45) is 0.913. The lowest BCUT2D eigenvalue weighted by atomic mass is 10.0. The third-order valence-electron chi connectivity index (χ3n) is 2.89. The van der Waals surface area contributed by atoms with Crippen molar-refractivity contribution in [1.29, 1.82) is 0 Å². The van der Waals surface area contributed by atoms with Crippen molar-refractivity contribution < 1.29 is 4.79 Å². The highest BCUT2D eigenvalue weighted by atomic mass is 35.5. The topological polar surface area (TPSA) is 41.1 Å². The highest BCUT2D eigenvalue weighted by Crippen LogP contribution is 2.09. The van der Waals surface area contributed by atoms with Crippen molar-refractivity contribution in [3.63, 3.8) is 0 Å². The van der Waals surface area contributed by atoms with Crippen LogP contribution in [0.1, 0.15) is 32.8 Å². The highest BCUT2D eigenvalue weighted by Gasteiger charge is 2.16. The molecule has 0 aliphatic heterocycles. The van der Waals surface area contributed by atoms with Crippen LogP contribution in [0.5, 0.6) is 0 Å². The summed E-state index contributed by atoms with van der Waals surface area (Å²) in [6, 6.07) is 7.59. The summed E-state index contributed by atoms with van der Waals surface area (Å²) in [6.45, 7) is 7.08. The van der Waals surface area contributed by atoms with Gasteiger partial charge in [-0.15, -0.1) is 0 Å². The Labute approximate surface area is 114 Å². The van der Waals surface area contributed by atoms with Crippen molar-refractivity contribution in [3.8, 4) is 0 Å². The molecule has 1 rings (SSSR count). The fraction of sp³-hybridized carbons (Fsp3) is 0.500. The molecule has 0 fully saturated rings. The van der Waals surface area contributed by atoms with Gasteiger partial charge in [-0.2, -0.15) is 0 Å². The quantitative estimate of drug-likeness (QED) is 0.833. The van der Waals surface area contributed by atoms with E-state index in [-0.39, 0.29) is 11.4 Å². The van der Waals surface area contributed by atoms with Crippen LogP contribution >= 0.6 is 11.6 Å². The third-order valence-corrected chi connectivity index (χ3v) is 3.14. The van der Waals surface area contributed by atoms with Crippen molar-refractivity contribution in [2.75, 3.05) is 6.54 Å². The van der Waals surface area contributed by atoms with Crippen LogP contribution in [0.4, 0.5) is 0 Å². The van der Waals surface area contributed by atoms with Gasteiger partial charge in [-0.25, -0.2) is 0 Å².